The van der Waals surface area contributed by atoms with Crippen molar-refractivity contribution in [1.82, 2.24) is 0 Å². The zero-order valence-electron chi connectivity index (χ0n) is 11.2. The number of nitro benzene ring substituents is 1. The highest BCUT2D eigenvalue weighted by Gasteiger charge is 2.17. The number of amidine groups is 1. The van der Waals surface area contributed by atoms with E-state index in [0.717, 1.165) is 5.56 Å². The fourth-order valence-corrected chi connectivity index (χ4v) is 1.80. The zero-order valence-corrected chi connectivity index (χ0v) is 11.2. The number of ether oxygens (including phenoxy) is 1. The fraction of sp³-hybridized carbons (Fsp3) is 0.0714. The number of benzene rings is 2. The fourth-order valence-electron chi connectivity index (χ4n) is 1.80. The number of rotatable bonds is 4. The predicted molar refractivity (Wildman–Crippen MR) is 76.9 cm³/mol. The Kier molecular flexibility index (Phi) is 4.03. The molecule has 0 fully saturated rings. The number of oxime groups is 1. The Hall–Kier alpha value is -3.09. The number of para-hydroxylation sites is 2. The van der Waals surface area contributed by atoms with Crippen LogP contribution in [0.25, 0.3) is 0 Å². The van der Waals surface area contributed by atoms with Gasteiger partial charge in [-0.15, -0.1) is 0 Å². The molecule has 0 unspecified atom stereocenters. The van der Waals surface area contributed by atoms with Gasteiger partial charge < -0.3 is 15.7 Å². The summed E-state index contributed by atoms with van der Waals surface area (Å²) in [4.78, 5) is 10.4. The lowest BCUT2D eigenvalue weighted by Crippen LogP contribution is -2.14. The summed E-state index contributed by atoms with van der Waals surface area (Å²) in [5, 5.41) is 22.7. The summed E-state index contributed by atoms with van der Waals surface area (Å²) in [6.45, 7) is 1.84. The number of nitrogens with two attached hydrogens (primary N) is 1. The summed E-state index contributed by atoms with van der Waals surface area (Å²) < 4.78 is 5.57. The maximum Gasteiger partial charge on any atom is 0.311 e. The second kappa shape index (κ2) is 5.91. The minimum atomic E-state index is -0.535. The van der Waals surface area contributed by atoms with Crippen molar-refractivity contribution < 1.29 is 14.9 Å². The molecule has 0 aliphatic heterocycles. The topological polar surface area (TPSA) is 111 Å². The first-order valence-electron chi connectivity index (χ1n) is 6.02. The van der Waals surface area contributed by atoms with Crippen molar-refractivity contribution >= 4 is 11.5 Å². The Morgan fingerprint density at radius 3 is 2.67 bits per heavy atom. The molecule has 2 rings (SSSR count). The van der Waals surface area contributed by atoms with Crippen LogP contribution in [0.2, 0.25) is 0 Å². The molecule has 0 aromatic heterocycles. The van der Waals surface area contributed by atoms with Gasteiger partial charge in [-0.1, -0.05) is 28.9 Å². The molecule has 2 aromatic rings. The molecule has 0 saturated carbocycles. The summed E-state index contributed by atoms with van der Waals surface area (Å²) in [7, 11) is 0. The van der Waals surface area contributed by atoms with Gasteiger partial charge in [0.2, 0.25) is 5.75 Å². The highest BCUT2D eigenvalue weighted by molar-refractivity contribution is 5.99. The van der Waals surface area contributed by atoms with Crippen LogP contribution in [0.5, 0.6) is 11.5 Å². The number of nitrogens with zero attached hydrogens (tertiary/aromatic N) is 2. The van der Waals surface area contributed by atoms with E-state index >= 15 is 0 Å². The van der Waals surface area contributed by atoms with E-state index in [2.05, 4.69) is 5.16 Å². The Balaban J connectivity index is 2.48. The Morgan fingerprint density at radius 1 is 1.29 bits per heavy atom. The molecule has 0 aliphatic rings. The molecule has 21 heavy (non-hydrogen) atoms. The third-order valence-corrected chi connectivity index (χ3v) is 2.80. The lowest BCUT2D eigenvalue weighted by atomic mass is 10.1. The van der Waals surface area contributed by atoms with Crippen LogP contribution in [0, 0.1) is 17.0 Å². The van der Waals surface area contributed by atoms with E-state index in [1.165, 1.54) is 12.1 Å². The van der Waals surface area contributed by atoms with Crippen molar-refractivity contribution in [3.63, 3.8) is 0 Å². The van der Waals surface area contributed by atoms with Crippen molar-refractivity contribution in [1.29, 1.82) is 0 Å². The number of aryl methyl sites for hydroxylation is 1. The van der Waals surface area contributed by atoms with Gasteiger partial charge in [0.15, 0.2) is 5.84 Å². The third kappa shape index (κ3) is 3.08. The predicted octanol–water partition coefficient (Wildman–Crippen LogP) is 2.79. The van der Waals surface area contributed by atoms with Crippen LogP contribution in [0.15, 0.2) is 47.6 Å². The molecule has 0 bridgehead atoms. The quantitative estimate of drug-likeness (QED) is 0.295. The van der Waals surface area contributed by atoms with E-state index in [4.69, 9.17) is 15.7 Å². The summed E-state index contributed by atoms with van der Waals surface area (Å²) in [5.41, 5.74) is 6.68. The second-order valence-electron chi connectivity index (χ2n) is 4.31. The molecule has 0 atom stereocenters. The molecule has 0 heterocycles. The van der Waals surface area contributed by atoms with Crippen LogP contribution in [-0.4, -0.2) is 16.0 Å². The summed E-state index contributed by atoms with van der Waals surface area (Å²) in [6, 6.07) is 11.0. The largest absolute Gasteiger partial charge is 0.449 e. The van der Waals surface area contributed by atoms with Gasteiger partial charge in [-0.2, -0.15) is 0 Å². The summed E-state index contributed by atoms with van der Waals surface area (Å²) >= 11 is 0. The minimum Gasteiger partial charge on any atom is -0.449 e. The van der Waals surface area contributed by atoms with Gasteiger partial charge in [-0.3, -0.25) is 10.1 Å². The zero-order chi connectivity index (χ0) is 15.4. The number of hydrogen-bond acceptors (Lipinski definition) is 5. The molecular weight excluding hydrogens is 274 g/mol. The molecule has 2 aromatic carbocycles. The second-order valence-corrected chi connectivity index (χ2v) is 4.31. The maximum atomic E-state index is 11.0. The molecule has 0 aliphatic carbocycles. The average Bonchev–Trinajstić information content (AvgIpc) is 2.48. The number of nitro groups is 1. The average molecular weight is 287 g/mol. The van der Waals surface area contributed by atoms with Crippen molar-refractivity contribution in [3.8, 4) is 11.5 Å². The van der Waals surface area contributed by atoms with Gasteiger partial charge in [-0.05, 0) is 25.1 Å². The van der Waals surface area contributed by atoms with Crippen LogP contribution in [0.4, 0.5) is 5.69 Å². The third-order valence-electron chi connectivity index (χ3n) is 2.80. The van der Waals surface area contributed by atoms with E-state index in [1.807, 2.05) is 6.92 Å². The molecule has 7 nitrogen and oxygen atoms in total. The molecular formula is C14H13N3O4. The Morgan fingerprint density at radius 2 is 2.00 bits per heavy atom. The minimum absolute atomic E-state index is 0.0818. The van der Waals surface area contributed by atoms with Crippen molar-refractivity contribution in [2.24, 2.45) is 10.9 Å². The molecule has 0 amide bonds. The van der Waals surface area contributed by atoms with Gasteiger partial charge >= 0.3 is 5.69 Å². The first-order chi connectivity index (χ1) is 10.0. The standard InChI is InChI=1S/C14H13N3O4/c1-9-6-7-12(10(8-9)14(15)16-18)21-13-5-3-2-4-11(13)17(19)20/h2-8,18H,1H3,(H2,15,16). The SMILES string of the molecule is Cc1ccc(Oc2ccccc2[N+](=O)[O-])c(/C(N)=N/O)c1. The van der Waals surface area contributed by atoms with Crippen molar-refractivity contribution in [2.75, 3.05) is 0 Å². The van der Waals surface area contributed by atoms with Crippen LogP contribution in [-0.2, 0) is 0 Å². The van der Waals surface area contributed by atoms with Gasteiger partial charge in [0.25, 0.3) is 0 Å². The normalized spacial score (nSPS) is 11.2. The summed E-state index contributed by atoms with van der Waals surface area (Å²) in [5.74, 6) is 0.218. The Bertz CT molecular complexity index is 713. The first-order valence-corrected chi connectivity index (χ1v) is 6.02. The van der Waals surface area contributed by atoms with E-state index in [1.54, 1.807) is 30.3 Å². The van der Waals surface area contributed by atoms with Gasteiger partial charge in [0.1, 0.15) is 5.75 Å². The molecule has 7 heteroatoms. The van der Waals surface area contributed by atoms with E-state index in [0.29, 0.717) is 5.56 Å². The molecule has 0 saturated heterocycles. The van der Waals surface area contributed by atoms with E-state index in [-0.39, 0.29) is 23.0 Å². The summed E-state index contributed by atoms with van der Waals surface area (Å²) in [6.07, 6.45) is 0. The van der Waals surface area contributed by atoms with Crippen molar-refractivity contribution in [3.05, 3.63) is 63.7 Å². The van der Waals surface area contributed by atoms with Crippen LogP contribution in [0.3, 0.4) is 0 Å². The molecule has 0 spiro atoms. The molecule has 108 valence electrons. The number of hydrogen-bond donors (Lipinski definition) is 2. The molecule has 0 radical (unpaired) electrons. The Labute approximate surface area is 120 Å². The van der Waals surface area contributed by atoms with Crippen LogP contribution in [0.1, 0.15) is 11.1 Å². The van der Waals surface area contributed by atoms with Gasteiger partial charge in [-0.25, -0.2) is 0 Å². The monoisotopic (exact) mass is 287 g/mol. The maximum absolute atomic E-state index is 11.0. The van der Waals surface area contributed by atoms with E-state index in [9.17, 15) is 10.1 Å². The highest BCUT2D eigenvalue weighted by atomic mass is 16.6. The van der Waals surface area contributed by atoms with E-state index < -0.39 is 4.92 Å². The highest BCUT2D eigenvalue weighted by Crippen LogP contribution is 2.32. The smallest absolute Gasteiger partial charge is 0.311 e. The van der Waals surface area contributed by atoms with Gasteiger partial charge in [0, 0.05) is 6.07 Å². The van der Waals surface area contributed by atoms with Crippen LogP contribution < -0.4 is 10.5 Å². The first kappa shape index (κ1) is 14.3. The van der Waals surface area contributed by atoms with Crippen LogP contribution >= 0.6 is 0 Å². The van der Waals surface area contributed by atoms with Gasteiger partial charge in [0.05, 0.1) is 10.5 Å². The lowest BCUT2D eigenvalue weighted by molar-refractivity contribution is -0.385. The molecule has 3 N–H and O–H groups in total. The lowest BCUT2D eigenvalue weighted by Gasteiger charge is -2.11. The van der Waals surface area contributed by atoms with Crippen molar-refractivity contribution in [2.45, 2.75) is 6.92 Å².